The molecule has 1 heterocycles. The molecule has 0 aliphatic rings. The van der Waals surface area contributed by atoms with Crippen LogP contribution in [0.4, 0.5) is 15.0 Å². The number of amides is 1. The van der Waals surface area contributed by atoms with E-state index >= 15 is 0 Å². The number of carbonyl (C=O) groups excluding carboxylic acids is 2. The number of hydrogen-bond acceptors (Lipinski definition) is 4. The van der Waals surface area contributed by atoms with Gasteiger partial charge in [0.05, 0.1) is 6.04 Å². The molecule has 0 aliphatic carbocycles. The lowest BCUT2D eigenvalue weighted by Gasteiger charge is -2.31. The van der Waals surface area contributed by atoms with E-state index in [0.29, 0.717) is 16.9 Å². The fourth-order valence-corrected chi connectivity index (χ4v) is 3.27. The number of ketones is 1. The van der Waals surface area contributed by atoms with E-state index in [-0.39, 0.29) is 18.2 Å². The van der Waals surface area contributed by atoms with Crippen molar-refractivity contribution in [1.82, 2.24) is 4.98 Å². The first kappa shape index (κ1) is 23.1. The Labute approximate surface area is 187 Å². The van der Waals surface area contributed by atoms with Crippen molar-refractivity contribution in [2.45, 2.75) is 45.8 Å². The first-order valence-electron chi connectivity index (χ1n) is 10.4. The summed E-state index contributed by atoms with van der Waals surface area (Å²) in [5.74, 6) is -0.155. The number of aromatic nitrogens is 1. The minimum atomic E-state index is -0.679. The summed E-state index contributed by atoms with van der Waals surface area (Å²) >= 11 is 0. The topological polar surface area (TPSA) is 59.5 Å². The second-order valence-corrected chi connectivity index (χ2v) is 8.57. The molecule has 32 heavy (non-hydrogen) atoms. The van der Waals surface area contributed by atoms with E-state index in [9.17, 15) is 14.0 Å². The highest BCUT2D eigenvalue weighted by Crippen LogP contribution is 2.28. The summed E-state index contributed by atoms with van der Waals surface area (Å²) in [5.41, 5.74) is 1.36. The molecule has 0 spiro atoms. The average molecular weight is 435 g/mol. The lowest BCUT2D eigenvalue weighted by Crippen LogP contribution is -2.39. The molecule has 166 valence electrons. The third-order valence-corrected chi connectivity index (χ3v) is 4.85. The van der Waals surface area contributed by atoms with Crippen LogP contribution >= 0.6 is 0 Å². The van der Waals surface area contributed by atoms with Crippen LogP contribution < -0.4 is 4.90 Å². The van der Waals surface area contributed by atoms with Crippen LogP contribution in [0.1, 0.15) is 55.2 Å². The molecule has 1 unspecified atom stereocenters. The largest absolute Gasteiger partial charge is 0.443 e. The van der Waals surface area contributed by atoms with Crippen LogP contribution in [0.3, 0.4) is 0 Å². The first-order chi connectivity index (χ1) is 15.1. The zero-order valence-corrected chi connectivity index (χ0v) is 18.7. The highest BCUT2D eigenvalue weighted by atomic mass is 19.1. The van der Waals surface area contributed by atoms with Crippen LogP contribution in [0, 0.1) is 5.82 Å². The third kappa shape index (κ3) is 6.00. The number of anilines is 1. The zero-order chi connectivity index (χ0) is 23.3. The predicted octanol–water partition coefficient (Wildman–Crippen LogP) is 6.15. The molecular formula is C26H27FN2O3. The Morgan fingerprint density at radius 3 is 2.31 bits per heavy atom. The number of Topliss-reactive ketones (excluding diaryl/α,β-unsaturated/α-hetero) is 1. The van der Waals surface area contributed by atoms with Crippen molar-refractivity contribution in [3.8, 4) is 0 Å². The maximum atomic E-state index is 13.2. The molecule has 0 radical (unpaired) electrons. The normalized spacial score (nSPS) is 12.2. The van der Waals surface area contributed by atoms with E-state index in [1.807, 2.05) is 58.0 Å². The molecule has 0 bridgehead atoms. The van der Waals surface area contributed by atoms with Gasteiger partial charge >= 0.3 is 6.09 Å². The van der Waals surface area contributed by atoms with Gasteiger partial charge in [-0.25, -0.2) is 14.2 Å². The molecule has 1 atom stereocenters. The van der Waals surface area contributed by atoms with Crippen molar-refractivity contribution in [1.29, 1.82) is 0 Å². The Morgan fingerprint density at radius 2 is 1.69 bits per heavy atom. The lowest BCUT2D eigenvalue weighted by atomic mass is 10.0. The third-order valence-electron chi connectivity index (χ3n) is 4.85. The molecular weight excluding hydrogens is 407 g/mol. The molecule has 3 rings (SSSR count). The minimum absolute atomic E-state index is 0.100. The second-order valence-electron chi connectivity index (χ2n) is 8.57. The first-order valence-corrected chi connectivity index (χ1v) is 10.4. The number of benzene rings is 2. The molecule has 1 amide bonds. The molecule has 0 fully saturated rings. The highest BCUT2D eigenvalue weighted by Gasteiger charge is 2.29. The summed E-state index contributed by atoms with van der Waals surface area (Å²) in [7, 11) is 0. The molecule has 0 N–H and O–H groups in total. The Bertz CT molecular complexity index is 1080. The Kier molecular flexibility index (Phi) is 7.03. The SMILES string of the molecule is CC(c1ccccc1)N(C(=O)OC(C)(C)C)c1cc(CC(=O)c2ccc(F)cc2)ccn1. The van der Waals surface area contributed by atoms with Gasteiger partial charge in [-0.05, 0) is 75.2 Å². The average Bonchev–Trinajstić information content (AvgIpc) is 2.74. The van der Waals surface area contributed by atoms with Gasteiger partial charge in [-0.1, -0.05) is 30.3 Å². The predicted molar refractivity (Wildman–Crippen MR) is 122 cm³/mol. The molecule has 2 aromatic carbocycles. The standard InChI is InChI=1S/C26H27FN2O3/c1-18(20-8-6-5-7-9-20)29(25(31)32-26(2,3)4)24-17-19(14-15-28-24)16-23(30)21-10-12-22(27)13-11-21/h5-15,17-18H,16H2,1-4H3. The number of ether oxygens (including phenoxy) is 1. The van der Waals surface area contributed by atoms with Crippen LogP contribution in [0.2, 0.25) is 0 Å². The van der Waals surface area contributed by atoms with Crippen molar-refractivity contribution in [3.05, 3.63) is 95.4 Å². The van der Waals surface area contributed by atoms with Crippen molar-refractivity contribution >= 4 is 17.7 Å². The molecule has 6 heteroatoms. The van der Waals surface area contributed by atoms with Crippen molar-refractivity contribution in [2.75, 3.05) is 4.90 Å². The van der Waals surface area contributed by atoms with Crippen molar-refractivity contribution in [3.63, 3.8) is 0 Å². The summed E-state index contributed by atoms with van der Waals surface area (Å²) in [4.78, 5) is 31.6. The van der Waals surface area contributed by atoms with E-state index in [1.54, 1.807) is 18.3 Å². The molecule has 0 saturated carbocycles. The van der Waals surface area contributed by atoms with Crippen LogP contribution in [0.25, 0.3) is 0 Å². The fraction of sp³-hybridized carbons (Fsp3) is 0.269. The maximum absolute atomic E-state index is 13.2. The second kappa shape index (κ2) is 9.73. The number of halogens is 1. The van der Waals surface area contributed by atoms with Gasteiger partial charge in [0, 0.05) is 18.2 Å². The molecule has 0 saturated heterocycles. The van der Waals surface area contributed by atoms with Gasteiger partial charge in [-0.2, -0.15) is 0 Å². The molecule has 0 aliphatic heterocycles. The summed E-state index contributed by atoms with van der Waals surface area (Å²) in [6.45, 7) is 7.32. The molecule has 3 aromatic rings. The van der Waals surface area contributed by atoms with E-state index in [2.05, 4.69) is 4.98 Å². The number of nitrogens with zero attached hydrogens (tertiary/aromatic N) is 2. The van der Waals surface area contributed by atoms with E-state index < -0.39 is 17.5 Å². The van der Waals surface area contributed by atoms with Gasteiger partial charge in [0.25, 0.3) is 0 Å². The van der Waals surface area contributed by atoms with Gasteiger partial charge in [0.2, 0.25) is 0 Å². The minimum Gasteiger partial charge on any atom is -0.443 e. The van der Waals surface area contributed by atoms with E-state index in [1.165, 1.54) is 29.2 Å². The maximum Gasteiger partial charge on any atom is 0.416 e. The summed E-state index contributed by atoms with van der Waals surface area (Å²) in [6, 6.07) is 18.1. The summed E-state index contributed by atoms with van der Waals surface area (Å²) in [5, 5.41) is 0. The van der Waals surface area contributed by atoms with Crippen LogP contribution in [-0.4, -0.2) is 22.5 Å². The zero-order valence-electron chi connectivity index (χ0n) is 18.7. The summed E-state index contributed by atoms with van der Waals surface area (Å²) < 4.78 is 18.8. The van der Waals surface area contributed by atoms with Gasteiger partial charge in [0.15, 0.2) is 5.78 Å². The lowest BCUT2D eigenvalue weighted by molar-refractivity contribution is 0.0566. The van der Waals surface area contributed by atoms with Gasteiger partial charge < -0.3 is 4.74 Å². The van der Waals surface area contributed by atoms with Gasteiger partial charge in [-0.3, -0.25) is 9.69 Å². The number of carbonyl (C=O) groups is 2. The Hall–Kier alpha value is -3.54. The van der Waals surface area contributed by atoms with Crippen LogP contribution in [0.15, 0.2) is 72.9 Å². The van der Waals surface area contributed by atoms with E-state index in [4.69, 9.17) is 4.74 Å². The van der Waals surface area contributed by atoms with Crippen molar-refractivity contribution in [2.24, 2.45) is 0 Å². The van der Waals surface area contributed by atoms with Crippen LogP contribution in [0.5, 0.6) is 0 Å². The molecule has 5 nitrogen and oxygen atoms in total. The highest BCUT2D eigenvalue weighted by molar-refractivity contribution is 5.97. The number of hydrogen-bond donors (Lipinski definition) is 0. The Balaban J connectivity index is 1.91. The van der Waals surface area contributed by atoms with Crippen molar-refractivity contribution < 1.29 is 18.7 Å². The van der Waals surface area contributed by atoms with Gasteiger partial charge in [0.1, 0.15) is 17.2 Å². The quantitative estimate of drug-likeness (QED) is 0.437. The summed E-state index contributed by atoms with van der Waals surface area (Å²) in [6.07, 6.45) is 1.14. The monoisotopic (exact) mass is 434 g/mol. The fourth-order valence-electron chi connectivity index (χ4n) is 3.27. The smallest absolute Gasteiger partial charge is 0.416 e. The number of pyridine rings is 1. The van der Waals surface area contributed by atoms with E-state index in [0.717, 1.165) is 5.56 Å². The molecule has 1 aromatic heterocycles. The van der Waals surface area contributed by atoms with Gasteiger partial charge in [-0.15, -0.1) is 0 Å². The Morgan fingerprint density at radius 1 is 1.03 bits per heavy atom. The van der Waals surface area contributed by atoms with Crippen LogP contribution in [-0.2, 0) is 11.2 Å². The number of rotatable bonds is 6.